The van der Waals surface area contributed by atoms with Crippen LogP contribution >= 0.6 is 47.8 Å². The molecule has 0 spiro atoms. The Morgan fingerprint density at radius 2 is 1.48 bits per heavy atom. The van der Waals surface area contributed by atoms with Crippen molar-refractivity contribution in [3.8, 4) is 5.75 Å². The van der Waals surface area contributed by atoms with Crippen LogP contribution in [0.5, 0.6) is 5.75 Å². The number of ketones is 1. The first-order chi connectivity index (χ1) is 13.1. The van der Waals surface area contributed by atoms with Crippen molar-refractivity contribution in [3.05, 3.63) is 100 Å². The number of para-hydroxylation sites is 1. The fraction of sp³-hybridized carbons (Fsp3) is 0.136. The fourth-order valence-electron chi connectivity index (χ4n) is 2.63. The molecule has 0 saturated carbocycles. The number of carbonyl (C=O) groups excluding carboxylic acids is 1. The number of rotatable bonds is 7. The fourth-order valence-corrected chi connectivity index (χ4v) is 3.99. The van der Waals surface area contributed by atoms with E-state index in [9.17, 15) is 4.79 Å². The highest BCUT2D eigenvalue weighted by atomic mass is 79.9. The normalized spacial score (nSPS) is 13.0. The van der Waals surface area contributed by atoms with E-state index in [0.717, 1.165) is 15.6 Å². The molecule has 5 heteroatoms. The summed E-state index contributed by atoms with van der Waals surface area (Å²) in [6, 6.07) is 25.2. The Bertz CT molecular complexity index is 895. The SMILES string of the molecule is O=C(c1ccccc1OCc1ccccc1)C(Br)C(Br)c1ccc(Br)cc1. The third-order valence-corrected chi connectivity index (χ3v) is 7.33. The maximum Gasteiger partial charge on any atom is 0.181 e. The second kappa shape index (κ2) is 9.67. The minimum atomic E-state index is -0.417. The van der Waals surface area contributed by atoms with Crippen molar-refractivity contribution < 1.29 is 9.53 Å². The lowest BCUT2D eigenvalue weighted by Crippen LogP contribution is -2.20. The van der Waals surface area contributed by atoms with E-state index in [1.54, 1.807) is 6.07 Å². The first-order valence-electron chi connectivity index (χ1n) is 8.40. The van der Waals surface area contributed by atoms with Gasteiger partial charge in [0, 0.05) is 4.47 Å². The average molecular weight is 553 g/mol. The molecule has 3 aromatic carbocycles. The van der Waals surface area contributed by atoms with Gasteiger partial charge in [0.15, 0.2) is 5.78 Å². The largest absolute Gasteiger partial charge is 0.488 e. The van der Waals surface area contributed by atoms with Gasteiger partial charge in [0.05, 0.1) is 15.2 Å². The second-order valence-electron chi connectivity index (χ2n) is 5.99. The molecule has 0 bridgehead atoms. The lowest BCUT2D eigenvalue weighted by Gasteiger charge is -2.18. The summed E-state index contributed by atoms with van der Waals surface area (Å²) in [5, 5.41) is 0. The molecule has 0 N–H and O–H groups in total. The third kappa shape index (κ3) is 5.31. The van der Waals surface area contributed by atoms with E-state index in [1.165, 1.54) is 0 Å². The van der Waals surface area contributed by atoms with E-state index in [4.69, 9.17) is 4.74 Å². The van der Waals surface area contributed by atoms with Crippen LogP contribution in [-0.2, 0) is 6.61 Å². The molecule has 0 saturated heterocycles. The van der Waals surface area contributed by atoms with Gasteiger partial charge < -0.3 is 4.74 Å². The van der Waals surface area contributed by atoms with Crippen molar-refractivity contribution >= 4 is 53.6 Å². The molecular formula is C22H17Br3O2. The van der Waals surface area contributed by atoms with Crippen LogP contribution in [0.2, 0.25) is 0 Å². The highest BCUT2D eigenvalue weighted by Gasteiger charge is 2.28. The van der Waals surface area contributed by atoms with Crippen LogP contribution < -0.4 is 4.74 Å². The number of alkyl halides is 2. The molecule has 0 aliphatic heterocycles. The van der Waals surface area contributed by atoms with Crippen molar-refractivity contribution in [2.45, 2.75) is 16.3 Å². The molecule has 3 aromatic rings. The van der Waals surface area contributed by atoms with Crippen molar-refractivity contribution in [2.75, 3.05) is 0 Å². The quantitative estimate of drug-likeness (QED) is 0.231. The monoisotopic (exact) mass is 550 g/mol. The maximum absolute atomic E-state index is 13.1. The average Bonchev–Trinajstić information content (AvgIpc) is 2.72. The summed E-state index contributed by atoms with van der Waals surface area (Å²) in [6.45, 7) is 0.419. The summed E-state index contributed by atoms with van der Waals surface area (Å²) in [5.41, 5.74) is 2.65. The van der Waals surface area contributed by atoms with Crippen LogP contribution in [0, 0.1) is 0 Å². The van der Waals surface area contributed by atoms with E-state index in [1.807, 2.05) is 72.8 Å². The van der Waals surface area contributed by atoms with Gasteiger partial charge in [-0.05, 0) is 35.4 Å². The van der Waals surface area contributed by atoms with E-state index in [-0.39, 0.29) is 10.6 Å². The van der Waals surface area contributed by atoms with Crippen LogP contribution in [0.3, 0.4) is 0 Å². The first kappa shape index (κ1) is 20.3. The topological polar surface area (TPSA) is 26.3 Å². The predicted molar refractivity (Wildman–Crippen MR) is 120 cm³/mol. The van der Waals surface area contributed by atoms with Crippen LogP contribution in [0.4, 0.5) is 0 Å². The van der Waals surface area contributed by atoms with Crippen molar-refractivity contribution in [3.63, 3.8) is 0 Å². The molecule has 0 aliphatic carbocycles. The smallest absolute Gasteiger partial charge is 0.181 e. The molecule has 0 amide bonds. The Kier molecular flexibility index (Phi) is 7.27. The molecule has 138 valence electrons. The molecule has 2 nitrogen and oxygen atoms in total. The Labute approximate surface area is 184 Å². The molecule has 0 fully saturated rings. The number of benzene rings is 3. The van der Waals surface area contributed by atoms with E-state index < -0.39 is 4.83 Å². The summed E-state index contributed by atoms with van der Waals surface area (Å²) in [7, 11) is 0. The Balaban J connectivity index is 1.76. The van der Waals surface area contributed by atoms with Gasteiger partial charge in [-0.2, -0.15) is 0 Å². The summed E-state index contributed by atoms with van der Waals surface area (Å²) in [4.78, 5) is 12.5. The molecule has 0 aromatic heterocycles. The van der Waals surface area contributed by atoms with Gasteiger partial charge in [-0.3, -0.25) is 4.79 Å². The Morgan fingerprint density at radius 3 is 2.19 bits per heavy atom. The highest BCUT2D eigenvalue weighted by molar-refractivity contribution is 9.12. The van der Waals surface area contributed by atoms with Crippen molar-refractivity contribution in [1.82, 2.24) is 0 Å². The molecule has 0 aliphatic rings. The molecule has 3 rings (SSSR count). The van der Waals surface area contributed by atoms with Gasteiger partial charge in [0.1, 0.15) is 12.4 Å². The number of halogens is 3. The lowest BCUT2D eigenvalue weighted by molar-refractivity contribution is 0.0986. The minimum absolute atomic E-state index is 0.0246. The number of hydrogen-bond donors (Lipinski definition) is 0. The molecule has 27 heavy (non-hydrogen) atoms. The highest BCUT2D eigenvalue weighted by Crippen LogP contribution is 2.35. The van der Waals surface area contributed by atoms with Crippen molar-refractivity contribution in [2.24, 2.45) is 0 Å². The van der Waals surface area contributed by atoms with Gasteiger partial charge in [0.2, 0.25) is 0 Å². The van der Waals surface area contributed by atoms with Crippen LogP contribution in [0.15, 0.2) is 83.3 Å². The van der Waals surface area contributed by atoms with Crippen molar-refractivity contribution in [1.29, 1.82) is 0 Å². The summed E-state index contributed by atoms with van der Waals surface area (Å²) < 4.78 is 6.94. The standard InChI is InChI=1S/C22H17Br3O2/c23-17-12-10-16(11-13-17)20(24)21(25)22(26)18-8-4-5-9-19(18)27-14-15-6-2-1-3-7-15/h1-13,20-21H,14H2. The third-order valence-electron chi connectivity index (χ3n) is 4.09. The lowest BCUT2D eigenvalue weighted by atomic mass is 10.0. The molecule has 0 radical (unpaired) electrons. The number of Topliss-reactive ketones (excluding diaryl/α,β-unsaturated/α-hetero) is 1. The zero-order chi connectivity index (χ0) is 19.2. The summed E-state index contributed by atoms with van der Waals surface area (Å²) >= 11 is 10.7. The zero-order valence-corrected chi connectivity index (χ0v) is 19.1. The van der Waals surface area contributed by atoms with Gasteiger partial charge in [-0.1, -0.05) is 102 Å². The summed E-state index contributed by atoms with van der Waals surface area (Å²) in [5.74, 6) is 0.565. The summed E-state index contributed by atoms with van der Waals surface area (Å²) in [6.07, 6.45) is 0. The van der Waals surface area contributed by atoms with Gasteiger partial charge in [0.25, 0.3) is 0 Å². The van der Waals surface area contributed by atoms with E-state index >= 15 is 0 Å². The zero-order valence-electron chi connectivity index (χ0n) is 14.3. The minimum Gasteiger partial charge on any atom is -0.488 e. The maximum atomic E-state index is 13.1. The predicted octanol–water partition coefficient (Wildman–Crippen LogP) is 7.11. The van der Waals surface area contributed by atoms with E-state index in [0.29, 0.717) is 17.9 Å². The van der Waals surface area contributed by atoms with Crippen LogP contribution in [-0.4, -0.2) is 10.6 Å². The van der Waals surface area contributed by atoms with Crippen LogP contribution in [0.1, 0.15) is 26.3 Å². The Hall–Kier alpha value is -1.43. The van der Waals surface area contributed by atoms with Gasteiger partial charge >= 0.3 is 0 Å². The number of ether oxygens (including phenoxy) is 1. The molecular weight excluding hydrogens is 536 g/mol. The van der Waals surface area contributed by atoms with Gasteiger partial charge in [-0.15, -0.1) is 0 Å². The molecule has 0 heterocycles. The molecule has 2 unspecified atom stereocenters. The first-order valence-corrected chi connectivity index (χ1v) is 11.0. The van der Waals surface area contributed by atoms with Crippen LogP contribution in [0.25, 0.3) is 0 Å². The number of hydrogen-bond acceptors (Lipinski definition) is 2. The molecule has 2 atom stereocenters. The van der Waals surface area contributed by atoms with Gasteiger partial charge in [-0.25, -0.2) is 0 Å². The number of carbonyl (C=O) groups is 1. The van der Waals surface area contributed by atoms with E-state index in [2.05, 4.69) is 47.8 Å². The second-order valence-corrected chi connectivity index (χ2v) is 8.88. The Morgan fingerprint density at radius 1 is 0.852 bits per heavy atom.